The Balaban J connectivity index is 1.85. The van der Waals surface area contributed by atoms with Crippen LogP contribution in [0.4, 0.5) is 13.2 Å². The van der Waals surface area contributed by atoms with Crippen molar-refractivity contribution in [1.29, 1.82) is 0 Å². The van der Waals surface area contributed by atoms with Gasteiger partial charge >= 0.3 is 6.18 Å². The molecule has 8 heteroatoms. The van der Waals surface area contributed by atoms with Gasteiger partial charge in [-0.3, -0.25) is 0 Å². The second-order valence-electron chi connectivity index (χ2n) is 6.41. The predicted octanol–water partition coefficient (Wildman–Crippen LogP) is 2.58. The van der Waals surface area contributed by atoms with Crippen molar-refractivity contribution in [2.75, 3.05) is 0 Å². The summed E-state index contributed by atoms with van der Waals surface area (Å²) in [5, 5.41) is 3.40. The zero-order valence-corrected chi connectivity index (χ0v) is 13.5. The van der Waals surface area contributed by atoms with Gasteiger partial charge in [0, 0.05) is 18.1 Å². The van der Waals surface area contributed by atoms with Gasteiger partial charge in [0.15, 0.2) is 0 Å². The van der Waals surface area contributed by atoms with Crippen LogP contribution in [0.25, 0.3) is 0 Å². The molecule has 0 spiro atoms. The van der Waals surface area contributed by atoms with E-state index in [9.17, 15) is 21.6 Å². The molecular formula is C15H19F3N2O2S. The number of fused-ring (bicyclic) bond motifs is 2. The summed E-state index contributed by atoms with van der Waals surface area (Å²) in [6, 6.07) is 3.18. The van der Waals surface area contributed by atoms with Crippen molar-refractivity contribution < 1.29 is 21.6 Å². The molecule has 23 heavy (non-hydrogen) atoms. The van der Waals surface area contributed by atoms with Gasteiger partial charge < -0.3 is 5.32 Å². The summed E-state index contributed by atoms with van der Waals surface area (Å²) < 4.78 is 66.2. The van der Waals surface area contributed by atoms with Crippen LogP contribution in [0.1, 0.15) is 36.8 Å². The smallest absolute Gasteiger partial charge is 0.311 e. The highest BCUT2D eigenvalue weighted by Gasteiger charge is 2.36. The van der Waals surface area contributed by atoms with Crippen molar-refractivity contribution >= 4 is 10.0 Å². The minimum absolute atomic E-state index is 0.229. The lowest BCUT2D eigenvalue weighted by atomic mass is 10.0. The molecule has 2 heterocycles. The monoisotopic (exact) mass is 348 g/mol. The van der Waals surface area contributed by atoms with Crippen molar-refractivity contribution in [3.05, 3.63) is 29.3 Å². The van der Waals surface area contributed by atoms with Crippen LogP contribution in [0.15, 0.2) is 23.1 Å². The molecule has 2 atom stereocenters. The zero-order chi connectivity index (χ0) is 16.8. The Labute approximate surface area is 133 Å². The molecule has 0 amide bonds. The molecule has 1 aromatic carbocycles. The van der Waals surface area contributed by atoms with E-state index >= 15 is 0 Å². The summed E-state index contributed by atoms with van der Waals surface area (Å²) in [6.07, 6.45) is -1.18. The number of sulfonamides is 1. The van der Waals surface area contributed by atoms with Gasteiger partial charge in [-0.2, -0.15) is 13.2 Å². The Morgan fingerprint density at radius 1 is 1.17 bits per heavy atom. The third kappa shape index (κ3) is 3.54. The molecule has 1 aromatic rings. The van der Waals surface area contributed by atoms with Crippen LogP contribution in [0.2, 0.25) is 0 Å². The number of piperidine rings is 1. The number of rotatable bonds is 3. The second kappa shape index (κ2) is 5.75. The van der Waals surface area contributed by atoms with Gasteiger partial charge in [0.05, 0.1) is 10.5 Å². The van der Waals surface area contributed by atoms with Crippen molar-refractivity contribution in [1.82, 2.24) is 10.0 Å². The Hall–Kier alpha value is -1.12. The van der Waals surface area contributed by atoms with Crippen LogP contribution in [0.3, 0.4) is 0 Å². The van der Waals surface area contributed by atoms with E-state index in [-0.39, 0.29) is 10.9 Å². The Kier molecular flexibility index (Phi) is 4.18. The minimum atomic E-state index is -4.56. The first-order valence-electron chi connectivity index (χ1n) is 7.61. The quantitative estimate of drug-likeness (QED) is 0.883. The number of hydrogen-bond donors (Lipinski definition) is 2. The highest BCUT2D eigenvalue weighted by Crippen LogP contribution is 2.32. The van der Waals surface area contributed by atoms with Crippen molar-refractivity contribution in [2.45, 2.75) is 61.8 Å². The summed E-state index contributed by atoms with van der Waals surface area (Å²) in [5.41, 5.74) is -0.642. The van der Waals surface area contributed by atoms with Crippen LogP contribution in [0, 0.1) is 6.92 Å². The fourth-order valence-corrected chi connectivity index (χ4v) is 5.03. The fourth-order valence-electron chi connectivity index (χ4n) is 3.50. The van der Waals surface area contributed by atoms with Crippen LogP contribution < -0.4 is 10.0 Å². The summed E-state index contributed by atoms with van der Waals surface area (Å²) in [4.78, 5) is -0.293. The van der Waals surface area contributed by atoms with Gasteiger partial charge in [0.2, 0.25) is 10.0 Å². The average molecular weight is 348 g/mol. The molecule has 0 saturated carbocycles. The molecule has 2 unspecified atom stereocenters. The molecular weight excluding hydrogens is 329 g/mol. The number of aryl methyl sites for hydroxylation is 1. The molecule has 0 aromatic heterocycles. The topological polar surface area (TPSA) is 58.2 Å². The van der Waals surface area contributed by atoms with Crippen LogP contribution >= 0.6 is 0 Å². The maximum absolute atomic E-state index is 12.8. The predicted molar refractivity (Wildman–Crippen MR) is 79.5 cm³/mol. The van der Waals surface area contributed by atoms with Gasteiger partial charge in [-0.25, -0.2) is 13.1 Å². The van der Waals surface area contributed by atoms with Gasteiger partial charge in [0.1, 0.15) is 0 Å². The molecule has 2 fully saturated rings. The van der Waals surface area contributed by atoms with E-state index < -0.39 is 21.8 Å². The van der Waals surface area contributed by atoms with E-state index in [1.165, 1.54) is 13.0 Å². The highest BCUT2D eigenvalue weighted by molar-refractivity contribution is 7.89. The van der Waals surface area contributed by atoms with Crippen molar-refractivity contribution in [2.24, 2.45) is 0 Å². The average Bonchev–Trinajstić information content (AvgIpc) is 2.76. The highest BCUT2D eigenvalue weighted by atomic mass is 32.2. The number of nitrogens with one attached hydrogen (secondary N) is 2. The number of alkyl halides is 3. The maximum atomic E-state index is 12.8. The number of halogens is 3. The van der Waals surface area contributed by atoms with Crippen LogP contribution in [0.5, 0.6) is 0 Å². The third-order valence-electron chi connectivity index (χ3n) is 4.60. The normalized spacial score (nSPS) is 28.1. The van der Waals surface area contributed by atoms with Gasteiger partial charge in [-0.05, 0) is 50.3 Å². The molecule has 3 rings (SSSR count). The zero-order valence-electron chi connectivity index (χ0n) is 12.7. The lowest BCUT2D eigenvalue weighted by Crippen LogP contribution is -2.48. The van der Waals surface area contributed by atoms with Gasteiger partial charge in [-0.1, -0.05) is 6.07 Å². The van der Waals surface area contributed by atoms with Crippen molar-refractivity contribution in [3.63, 3.8) is 0 Å². The molecule has 2 bridgehead atoms. The summed E-state index contributed by atoms with van der Waals surface area (Å²) in [6.45, 7) is 1.50. The maximum Gasteiger partial charge on any atom is 0.416 e. The number of benzene rings is 1. The summed E-state index contributed by atoms with van der Waals surface area (Å²) in [5.74, 6) is 0. The van der Waals surface area contributed by atoms with Crippen LogP contribution in [-0.2, 0) is 16.2 Å². The SMILES string of the molecule is Cc1ccc(C(F)(F)F)cc1S(=O)(=O)NC1CC2CCC(C1)N2. The third-order valence-corrected chi connectivity index (χ3v) is 6.26. The van der Waals surface area contributed by atoms with E-state index in [0.29, 0.717) is 36.6 Å². The van der Waals surface area contributed by atoms with E-state index in [0.717, 1.165) is 18.9 Å². The van der Waals surface area contributed by atoms with E-state index in [1.54, 1.807) is 0 Å². The first-order valence-corrected chi connectivity index (χ1v) is 9.10. The minimum Gasteiger partial charge on any atom is -0.311 e. The molecule has 2 N–H and O–H groups in total. The van der Waals surface area contributed by atoms with E-state index in [2.05, 4.69) is 10.0 Å². The molecule has 0 radical (unpaired) electrons. The Morgan fingerprint density at radius 3 is 2.35 bits per heavy atom. The largest absolute Gasteiger partial charge is 0.416 e. The molecule has 2 saturated heterocycles. The molecule has 128 valence electrons. The molecule has 2 aliphatic rings. The van der Waals surface area contributed by atoms with E-state index in [4.69, 9.17) is 0 Å². The van der Waals surface area contributed by atoms with Crippen molar-refractivity contribution in [3.8, 4) is 0 Å². The lowest BCUT2D eigenvalue weighted by Gasteiger charge is -2.29. The van der Waals surface area contributed by atoms with Gasteiger partial charge in [0.25, 0.3) is 0 Å². The molecule has 4 nitrogen and oxygen atoms in total. The molecule has 2 aliphatic heterocycles. The fraction of sp³-hybridized carbons (Fsp3) is 0.600. The van der Waals surface area contributed by atoms with Crippen LogP contribution in [-0.4, -0.2) is 26.5 Å². The second-order valence-corrected chi connectivity index (χ2v) is 8.09. The summed E-state index contributed by atoms with van der Waals surface area (Å²) >= 11 is 0. The Morgan fingerprint density at radius 2 is 1.78 bits per heavy atom. The van der Waals surface area contributed by atoms with E-state index in [1.807, 2.05) is 0 Å². The van der Waals surface area contributed by atoms with Gasteiger partial charge in [-0.15, -0.1) is 0 Å². The first kappa shape index (κ1) is 16.7. The standard InChI is InChI=1S/C15H19F3N2O2S/c1-9-2-3-10(15(16,17)18)6-14(9)23(21,22)20-13-7-11-4-5-12(8-13)19-11/h2-3,6,11-13,19-20H,4-5,7-8H2,1H3. The summed E-state index contributed by atoms with van der Waals surface area (Å²) in [7, 11) is -3.97. The molecule has 0 aliphatic carbocycles. The lowest BCUT2D eigenvalue weighted by molar-refractivity contribution is -0.137. The first-order chi connectivity index (χ1) is 10.6. The Bertz CT molecular complexity index is 691. The number of hydrogen-bond acceptors (Lipinski definition) is 3.